The van der Waals surface area contributed by atoms with Crippen molar-refractivity contribution in [2.24, 2.45) is 5.92 Å². The first-order valence-corrected chi connectivity index (χ1v) is 8.39. The molecule has 0 aliphatic carbocycles. The van der Waals surface area contributed by atoms with Crippen LogP contribution in [-0.4, -0.2) is 29.9 Å². The highest BCUT2D eigenvalue weighted by atomic mass is 19.1. The largest absolute Gasteiger partial charge is 0.445 e. The highest BCUT2D eigenvalue weighted by molar-refractivity contribution is 5.98. The second kappa shape index (κ2) is 7.92. The van der Waals surface area contributed by atoms with Crippen LogP contribution in [0.15, 0.2) is 54.6 Å². The molecule has 0 bridgehead atoms. The van der Waals surface area contributed by atoms with Crippen LogP contribution in [0.2, 0.25) is 0 Å². The summed E-state index contributed by atoms with van der Waals surface area (Å²) >= 11 is 0. The SMILES string of the molecule is O=C(c1ccc(F)cc1)C1CCCN(C(=O)OCc2ccccc2)C1. The van der Waals surface area contributed by atoms with Gasteiger partial charge in [-0.15, -0.1) is 0 Å². The number of nitrogens with zero attached hydrogens (tertiary/aromatic N) is 1. The Bertz CT molecular complexity index is 730. The zero-order valence-electron chi connectivity index (χ0n) is 13.9. The summed E-state index contributed by atoms with van der Waals surface area (Å²) in [7, 11) is 0. The lowest BCUT2D eigenvalue weighted by molar-refractivity contribution is 0.0687. The van der Waals surface area contributed by atoms with Crippen LogP contribution in [0.5, 0.6) is 0 Å². The summed E-state index contributed by atoms with van der Waals surface area (Å²) < 4.78 is 18.3. The predicted molar refractivity (Wildman–Crippen MR) is 91.7 cm³/mol. The van der Waals surface area contributed by atoms with Gasteiger partial charge in [-0.05, 0) is 42.7 Å². The van der Waals surface area contributed by atoms with E-state index in [0.717, 1.165) is 18.4 Å². The van der Waals surface area contributed by atoms with Crippen molar-refractivity contribution in [2.75, 3.05) is 13.1 Å². The summed E-state index contributed by atoms with van der Waals surface area (Å²) in [6, 6.07) is 15.0. The van der Waals surface area contributed by atoms with Crippen molar-refractivity contribution in [3.8, 4) is 0 Å². The molecule has 1 aliphatic heterocycles. The summed E-state index contributed by atoms with van der Waals surface area (Å²) in [5.41, 5.74) is 1.40. The van der Waals surface area contributed by atoms with Crippen LogP contribution in [0, 0.1) is 11.7 Å². The van der Waals surface area contributed by atoms with Gasteiger partial charge < -0.3 is 9.64 Å². The molecule has 1 unspecified atom stereocenters. The molecule has 0 radical (unpaired) electrons. The third kappa shape index (κ3) is 4.44. The molecule has 4 nitrogen and oxygen atoms in total. The van der Waals surface area contributed by atoms with Gasteiger partial charge in [-0.2, -0.15) is 0 Å². The molecule has 2 aromatic carbocycles. The average molecular weight is 341 g/mol. The van der Waals surface area contributed by atoms with E-state index in [4.69, 9.17) is 4.74 Å². The van der Waals surface area contributed by atoms with Gasteiger partial charge in [0.1, 0.15) is 12.4 Å². The number of rotatable bonds is 4. The number of ether oxygens (including phenoxy) is 1. The van der Waals surface area contributed by atoms with Crippen LogP contribution in [0.4, 0.5) is 9.18 Å². The van der Waals surface area contributed by atoms with E-state index < -0.39 is 6.09 Å². The lowest BCUT2D eigenvalue weighted by Gasteiger charge is -2.31. The Morgan fingerprint density at radius 3 is 2.52 bits per heavy atom. The molecule has 130 valence electrons. The number of likely N-dealkylation sites (tertiary alicyclic amines) is 1. The Labute approximate surface area is 146 Å². The standard InChI is InChI=1S/C20H20FNO3/c21-18-10-8-16(9-11-18)19(23)17-7-4-12-22(13-17)20(24)25-14-15-5-2-1-3-6-15/h1-3,5-6,8-11,17H,4,7,12-14H2. The second-order valence-corrected chi connectivity index (χ2v) is 6.20. The molecule has 1 atom stereocenters. The van der Waals surface area contributed by atoms with Gasteiger partial charge in [0.2, 0.25) is 0 Å². The van der Waals surface area contributed by atoms with E-state index in [2.05, 4.69) is 0 Å². The zero-order chi connectivity index (χ0) is 17.6. The summed E-state index contributed by atoms with van der Waals surface area (Å²) in [5.74, 6) is -0.699. The lowest BCUT2D eigenvalue weighted by atomic mass is 9.90. The van der Waals surface area contributed by atoms with E-state index in [1.54, 1.807) is 4.90 Å². The molecule has 0 spiro atoms. The minimum Gasteiger partial charge on any atom is -0.445 e. The van der Waals surface area contributed by atoms with Crippen molar-refractivity contribution >= 4 is 11.9 Å². The van der Waals surface area contributed by atoms with Gasteiger partial charge in [-0.25, -0.2) is 9.18 Å². The van der Waals surface area contributed by atoms with E-state index in [9.17, 15) is 14.0 Å². The Morgan fingerprint density at radius 2 is 1.80 bits per heavy atom. The molecular formula is C20H20FNO3. The lowest BCUT2D eigenvalue weighted by Crippen LogP contribution is -2.42. The molecule has 0 aromatic heterocycles. The van der Waals surface area contributed by atoms with Crippen molar-refractivity contribution in [3.05, 3.63) is 71.5 Å². The molecule has 0 N–H and O–H groups in total. The van der Waals surface area contributed by atoms with E-state index in [-0.39, 0.29) is 24.1 Å². The van der Waals surface area contributed by atoms with E-state index >= 15 is 0 Å². The minimum atomic E-state index is -0.402. The monoisotopic (exact) mass is 341 g/mol. The molecular weight excluding hydrogens is 321 g/mol. The molecule has 5 heteroatoms. The molecule has 3 rings (SSSR count). The molecule has 2 aromatic rings. The maximum absolute atomic E-state index is 13.0. The smallest absolute Gasteiger partial charge is 0.410 e. The molecule has 1 heterocycles. The van der Waals surface area contributed by atoms with Gasteiger partial charge in [0, 0.05) is 24.6 Å². The van der Waals surface area contributed by atoms with Crippen molar-refractivity contribution in [1.29, 1.82) is 0 Å². The zero-order valence-corrected chi connectivity index (χ0v) is 13.9. The molecule has 1 aliphatic rings. The van der Waals surface area contributed by atoms with E-state index in [1.807, 2.05) is 30.3 Å². The van der Waals surface area contributed by atoms with Gasteiger partial charge in [0.25, 0.3) is 0 Å². The van der Waals surface area contributed by atoms with Gasteiger partial charge >= 0.3 is 6.09 Å². The number of carbonyl (C=O) groups is 2. The summed E-state index contributed by atoms with van der Waals surface area (Å²) in [6.07, 6.45) is 1.07. The maximum Gasteiger partial charge on any atom is 0.410 e. The van der Waals surface area contributed by atoms with Crippen molar-refractivity contribution in [1.82, 2.24) is 4.90 Å². The van der Waals surface area contributed by atoms with Gasteiger partial charge in [0.15, 0.2) is 5.78 Å². The fourth-order valence-electron chi connectivity index (χ4n) is 3.02. The molecule has 1 fully saturated rings. The van der Waals surface area contributed by atoms with E-state index in [1.165, 1.54) is 24.3 Å². The average Bonchev–Trinajstić information content (AvgIpc) is 2.67. The van der Waals surface area contributed by atoms with Gasteiger partial charge in [0.05, 0.1) is 0 Å². The number of hydrogen-bond acceptors (Lipinski definition) is 3. The molecule has 25 heavy (non-hydrogen) atoms. The molecule has 1 amide bonds. The number of Topliss-reactive ketones (excluding diaryl/α,β-unsaturated/α-hetero) is 1. The van der Waals surface area contributed by atoms with Crippen molar-refractivity contribution in [2.45, 2.75) is 19.4 Å². The first kappa shape index (κ1) is 17.1. The number of carbonyl (C=O) groups excluding carboxylic acids is 2. The number of amides is 1. The van der Waals surface area contributed by atoms with Gasteiger partial charge in [-0.1, -0.05) is 30.3 Å². The first-order chi connectivity index (χ1) is 12.1. The second-order valence-electron chi connectivity index (χ2n) is 6.20. The summed E-state index contributed by atoms with van der Waals surface area (Å²) in [4.78, 5) is 26.4. The van der Waals surface area contributed by atoms with Crippen LogP contribution in [0.3, 0.4) is 0 Å². The van der Waals surface area contributed by atoms with Gasteiger partial charge in [-0.3, -0.25) is 4.79 Å². The molecule has 0 saturated carbocycles. The number of piperidine rings is 1. The van der Waals surface area contributed by atoms with Crippen LogP contribution in [0.1, 0.15) is 28.8 Å². The van der Waals surface area contributed by atoms with Crippen LogP contribution < -0.4 is 0 Å². The Hall–Kier alpha value is -2.69. The van der Waals surface area contributed by atoms with Crippen molar-refractivity contribution < 1.29 is 18.7 Å². The Kier molecular flexibility index (Phi) is 5.43. The highest BCUT2D eigenvalue weighted by Crippen LogP contribution is 2.22. The summed E-state index contributed by atoms with van der Waals surface area (Å²) in [5, 5.41) is 0. The normalized spacial score (nSPS) is 17.2. The van der Waals surface area contributed by atoms with Crippen LogP contribution in [0.25, 0.3) is 0 Å². The fourth-order valence-corrected chi connectivity index (χ4v) is 3.02. The molecule has 1 saturated heterocycles. The predicted octanol–water partition coefficient (Wildman–Crippen LogP) is 4.06. The summed E-state index contributed by atoms with van der Waals surface area (Å²) in [6.45, 7) is 1.14. The third-order valence-corrected chi connectivity index (χ3v) is 4.38. The Morgan fingerprint density at radius 1 is 1.08 bits per heavy atom. The highest BCUT2D eigenvalue weighted by Gasteiger charge is 2.29. The van der Waals surface area contributed by atoms with Crippen molar-refractivity contribution in [3.63, 3.8) is 0 Å². The quantitative estimate of drug-likeness (QED) is 0.788. The van der Waals surface area contributed by atoms with Crippen LogP contribution >= 0.6 is 0 Å². The maximum atomic E-state index is 13.0. The fraction of sp³-hybridized carbons (Fsp3) is 0.300. The van der Waals surface area contributed by atoms with Crippen LogP contribution in [-0.2, 0) is 11.3 Å². The number of hydrogen-bond donors (Lipinski definition) is 0. The van der Waals surface area contributed by atoms with E-state index in [0.29, 0.717) is 18.7 Å². The number of ketones is 1. The minimum absolute atomic E-state index is 0.0550. The topological polar surface area (TPSA) is 46.6 Å². The number of halogens is 1. The first-order valence-electron chi connectivity index (χ1n) is 8.39. The number of benzene rings is 2. The third-order valence-electron chi connectivity index (χ3n) is 4.38. The Balaban J connectivity index is 1.57.